The van der Waals surface area contributed by atoms with E-state index in [0.29, 0.717) is 0 Å². The van der Waals surface area contributed by atoms with Crippen LogP contribution < -0.4 is 0 Å². The summed E-state index contributed by atoms with van der Waals surface area (Å²) in [5.41, 5.74) is 0. The molecule has 18 heavy (non-hydrogen) atoms. The quantitative estimate of drug-likeness (QED) is 0.496. The predicted molar refractivity (Wildman–Crippen MR) is 55.1 cm³/mol. The Labute approximate surface area is 103 Å². The van der Waals surface area contributed by atoms with E-state index in [1.54, 1.807) is 0 Å². The second-order valence-electron chi connectivity index (χ2n) is 3.92. The second-order valence-corrected chi connectivity index (χ2v) is 3.92. The summed E-state index contributed by atoms with van der Waals surface area (Å²) >= 11 is 0. The van der Waals surface area contributed by atoms with E-state index >= 15 is 0 Å². The second kappa shape index (κ2) is 6.10. The Balaban J connectivity index is 2.64. The van der Waals surface area contributed by atoms with Crippen LogP contribution in [0.2, 0.25) is 0 Å². The first-order chi connectivity index (χ1) is 8.32. The number of hydrogen-bond acceptors (Lipinski definition) is 8. The van der Waals surface area contributed by atoms with Crippen molar-refractivity contribution in [1.29, 1.82) is 0 Å². The van der Waals surface area contributed by atoms with Gasteiger partial charge in [-0.3, -0.25) is 9.59 Å². The van der Waals surface area contributed by atoms with Gasteiger partial charge in [0, 0.05) is 13.8 Å². The van der Waals surface area contributed by atoms with E-state index in [0.717, 1.165) is 6.92 Å². The third-order valence-electron chi connectivity index (χ3n) is 2.42. The molecule has 0 spiro atoms. The molecule has 0 radical (unpaired) electrons. The molecule has 0 aromatic rings. The maximum atomic E-state index is 10.8. The molecule has 0 aromatic carbocycles. The first-order valence-corrected chi connectivity index (χ1v) is 5.33. The maximum absolute atomic E-state index is 10.8. The van der Waals surface area contributed by atoms with E-state index in [4.69, 9.17) is 4.74 Å². The maximum Gasteiger partial charge on any atom is 0.303 e. The SMILES string of the molecule is CC(=O)OC[C@H]1O[C@H](O)[C@@H](OC(C)=O)[C@@H](O)C1O. The van der Waals surface area contributed by atoms with Crippen LogP contribution in [-0.4, -0.2) is 64.6 Å². The largest absolute Gasteiger partial charge is 0.463 e. The van der Waals surface area contributed by atoms with Gasteiger partial charge in [0.25, 0.3) is 0 Å². The van der Waals surface area contributed by atoms with Crippen LogP contribution in [0.25, 0.3) is 0 Å². The van der Waals surface area contributed by atoms with E-state index in [-0.39, 0.29) is 6.61 Å². The van der Waals surface area contributed by atoms with E-state index in [1.807, 2.05) is 0 Å². The number of esters is 2. The van der Waals surface area contributed by atoms with Crippen molar-refractivity contribution in [3.8, 4) is 0 Å². The Morgan fingerprint density at radius 3 is 2.22 bits per heavy atom. The van der Waals surface area contributed by atoms with E-state index in [2.05, 4.69) is 9.47 Å². The smallest absolute Gasteiger partial charge is 0.303 e. The summed E-state index contributed by atoms with van der Waals surface area (Å²) in [5, 5.41) is 28.9. The monoisotopic (exact) mass is 264 g/mol. The third-order valence-corrected chi connectivity index (χ3v) is 2.42. The van der Waals surface area contributed by atoms with Gasteiger partial charge in [0.05, 0.1) is 0 Å². The highest BCUT2D eigenvalue weighted by Gasteiger charge is 2.46. The van der Waals surface area contributed by atoms with Gasteiger partial charge in [-0.05, 0) is 0 Å². The van der Waals surface area contributed by atoms with E-state index in [9.17, 15) is 24.9 Å². The summed E-state index contributed by atoms with van der Waals surface area (Å²) in [7, 11) is 0. The third kappa shape index (κ3) is 3.64. The summed E-state index contributed by atoms with van der Waals surface area (Å²) in [6.07, 6.45) is -7.06. The lowest BCUT2D eigenvalue weighted by Crippen LogP contribution is -2.59. The Kier molecular flexibility index (Phi) is 5.03. The highest BCUT2D eigenvalue weighted by atomic mass is 16.7. The molecule has 3 N–H and O–H groups in total. The minimum absolute atomic E-state index is 0.322. The van der Waals surface area contributed by atoms with Crippen molar-refractivity contribution in [3.05, 3.63) is 0 Å². The zero-order valence-electron chi connectivity index (χ0n) is 9.98. The number of carbonyl (C=O) groups excluding carboxylic acids is 2. The fraction of sp³-hybridized carbons (Fsp3) is 0.800. The number of rotatable bonds is 3. The molecule has 0 bridgehead atoms. The van der Waals surface area contributed by atoms with Crippen molar-refractivity contribution in [1.82, 2.24) is 0 Å². The van der Waals surface area contributed by atoms with Crippen molar-refractivity contribution >= 4 is 11.9 Å². The molecule has 1 saturated heterocycles. The lowest BCUT2D eigenvalue weighted by molar-refractivity contribution is -0.291. The normalized spacial score (nSPS) is 35.9. The minimum Gasteiger partial charge on any atom is -0.463 e. The number of aliphatic hydroxyl groups is 3. The topological polar surface area (TPSA) is 123 Å². The molecule has 1 fully saturated rings. The predicted octanol–water partition coefficient (Wildman–Crippen LogP) is -2.08. The molecular weight excluding hydrogens is 248 g/mol. The van der Waals surface area contributed by atoms with Crippen molar-refractivity contribution < 1.29 is 39.1 Å². The fourth-order valence-corrected chi connectivity index (χ4v) is 1.58. The molecule has 0 aliphatic carbocycles. The van der Waals surface area contributed by atoms with Crippen LogP contribution in [0.1, 0.15) is 13.8 Å². The summed E-state index contributed by atoms with van der Waals surface area (Å²) in [6, 6.07) is 0. The molecule has 0 amide bonds. The van der Waals surface area contributed by atoms with Gasteiger partial charge in [-0.25, -0.2) is 0 Å². The molecule has 0 aromatic heterocycles. The minimum atomic E-state index is -1.60. The molecular formula is C10H16O8. The van der Waals surface area contributed by atoms with Gasteiger partial charge in [-0.15, -0.1) is 0 Å². The van der Waals surface area contributed by atoms with E-state index in [1.165, 1.54) is 6.92 Å². The Hall–Kier alpha value is -1.22. The fourth-order valence-electron chi connectivity index (χ4n) is 1.58. The van der Waals surface area contributed by atoms with Crippen LogP contribution in [0.3, 0.4) is 0 Å². The van der Waals surface area contributed by atoms with Crippen LogP contribution in [-0.2, 0) is 23.8 Å². The van der Waals surface area contributed by atoms with Gasteiger partial charge in [0.1, 0.15) is 24.9 Å². The van der Waals surface area contributed by atoms with Crippen LogP contribution in [0.15, 0.2) is 0 Å². The van der Waals surface area contributed by atoms with Gasteiger partial charge < -0.3 is 29.5 Å². The Morgan fingerprint density at radius 2 is 1.72 bits per heavy atom. The molecule has 104 valence electrons. The molecule has 1 aliphatic rings. The summed E-state index contributed by atoms with van der Waals surface area (Å²) in [6.45, 7) is 1.94. The molecule has 0 saturated carbocycles. The van der Waals surface area contributed by atoms with Gasteiger partial charge in [0.15, 0.2) is 12.4 Å². The first kappa shape index (κ1) is 14.8. The van der Waals surface area contributed by atoms with Crippen molar-refractivity contribution in [2.75, 3.05) is 6.61 Å². The Morgan fingerprint density at radius 1 is 1.11 bits per heavy atom. The molecule has 5 atom stereocenters. The molecule has 8 nitrogen and oxygen atoms in total. The summed E-state index contributed by atoms with van der Waals surface area (Å²) in [4.78, 5) is 21.4. The van der Waals surface area contributed by atoms with Crippen molar-refractivity contribution in [2.24, 2.45) is 0 Å². The van der Waals surface area contributed by atoms with Gasteiger partial charge >= 0.3 is 11.9 Å². The van der Waals surface area contributed by atoms with Crippen LogP contribution in [0, 0.1) is 0 Å². The molecule has 1 heterocycles. The standard InChI is InChI=1S/C10H16O8/c1-4(11)16-3-6-7(13)8(14)9(10(15)18-6)17-5(2)12/h6-10,13-15H,3H2,1-2H3/t6-,7?,8+,9+,10+/m1/s1. The summed E-state index contributed by atoms with van der Waals surface area (Å²) in [5.74, 6) is -1.32. The van der Waals surface area contributed by atoms with E-state index < -0.39 is 42.6 Å². The number of aliphatic hydroxyl groups excluding tert-OH is 3. The summed E-state index contributed by atoms with van der Waals surface area (Å²) < 4.78 is 14.2. The lowest BCUT2D eigenvalue weighted by Gasteiger charge is -2.39. The highest BCUT2D eigenvalue weighted by Crippen LogP contribution is 2.22. The highest BCUT2D eigenvalue weighted by molar-refractivity contribution is 5.66. The molecule has 1 rings (SSSR count). The van der Waals surface area contributed by atoms with Crippen LogP contribution in [0.4, 0.5) is 0 Å². The van der Waals surface area contributed by atoms with Gasteiger partial charge in [-0.2, -0.15) is 0 Å². The van der Waals surface area contributed by atoms with Crippen molar-refractivity contribution in [2.45, 2.75) is 44.6 Å². The Bertz CT molecular complexity index is 315. The average molecular weight is 264 g/mol. The zero-order valence-corrected chi connectivity index (χ0v) is 9.98. The number of hydrogen-bond donors (Lipinski definition) is 3. The van der Waals surface area contributed by atoms with Crippen molar-refractivity contribution in [3.63, 3.8) is 0 Å². The average Bonchev–Trinajstić information content (AvgIpc) is 2.27. The number of ether oxygens (including phenoxy) is 3. The van der Waals surface area contributed by atoms with Crippen LogP contribution >= 0.6 is 0 Å². The molecule has 8 heteroatoms. The number of carbonyl (C=O) groups is 2. The molecule has 1 unspecified atom stereocenters. The lowest BCUT2D eigenvalue weighted by atomic mass is 9.99. The zero-order chi connectivity index (χ0) is 13.9. The molecule has 1 aliphatic heterocycles. The first-order valence-electron chi connectivity index (χ1n) is 5.33. The van der Waals surface area contributed by atoms with Gasteiger partial charge in [-0.1, -0.05) is 0 Å². The van der Waals surface area contributed by atoms with Gasteiger partial charge in [0.2, 0.25) is 0 Å². The van der Waals surface area contributed by atoms with Crippen LogP contribution in [0.5, 0.6) is 0 Å².